The van der Waals surface area contributed by atoms with Crippen molar-refractivity contribution in [1.29, 1.82) is 0 Å². The Morgan fingerprint density at radius 2 is 1.88 bits per heavy atom. The molecule has 1 atom stereocenters. The van der Waals surface area contributed by atoms with Gasteiger partial charge in [0.1, 0.15) is 5.60 Å². The molecular weight excluding hydrogens is 222 g/mol. The van der Waals surface area contributed by atoms with Gasteiger partial charge in [-0.25, -0.2) is 4.79 Å². The first-order valence-electron chi connectivity index (χ1n) is 5.74. The quantitative estimate of drug-likeness (QED) is 0.773. The maximum absolute atomic E-state index is 11.8. The SMILES string of the molecule is CC(C)C[C@@H](CS)N(C)C(=O)OC(C)(C)C. The second-order valence-corrected chi connectivity index (χ2v) is 5.92. The molecule has 1 amide bonds. The zero-order valence-electron chi connectivity index (χ0n) is 11.3. The fourth-order valence-corrected chi connectivity index (χ4v) is 1.78. The molecule has 4 heteroatoms. The number of ether oxygens (including phenoxy) is 1. The van der Waals surface area contributed by atoms with Crippen molar-refractivity contribution in [2.24, 2.45) is 5.92 Å². The molecule has 0 bridgehead atoms. The summed E-state index contributed by atoms with van der Waals surface area (Å²) in [4.78, 5) is 13.5. The van der Waals surface area contributed by atoms with Gasteiger partial charge >= 0.3 is 6.09 Å². The summed E-state index contributed by atoms with van der Waals surface area (Å²) < 4.78 is 5.32. The Bertz CT molecular complexity index is 224. The first-order chi connectivity index (χ1) is 7.17. The summed E-state index contributed by atoms with van der Waals surface area (Å²) in [5.74, 6) is 1.20. The molecule has 0 spiro atoms. The second-order valence-electron chi connectivity index (χ2n) is 5.56. The van der Waals surface area contributed by atoms with E-state index in [4.69, 9.17) is 4.74 Å². The van der Waals surface area contributed by atoms with Gasteiger partial charge in [0.15, 0.2) is 0 Å². The number of hydrogen-bond donors (Lipinski definition) is 1. The summed E-state index contributed by atoms with van der Waals surface area (Å²) in [6, 6.07) is 0.137. The summed E-state index contributed by atoms with van der Waals surface area (Å²) in [6.07, 6.45) is 0.673. The van der Waals surface area contributed by atoms with E-state index in [1.807, 2.05) is 20.8 Å². The van der Waals surface area contributed by atoms with Gasteiger partial charge < -0.3 is 9.64 Å². The van der Waals surface area contributed by atoms with Gasteiger partial charge in [0.05, 0.1) is 0 Å². The molecule has 0 aromatic carbocycles. The van der Waals surface area contributed by atoms with Crippen LogP contribution >= 0.6 is 12.6 Å². The van der Waals surface area contributed by atoms with Gasteiger partial charge in [-0.3, -0.25) is 0 Å². The van der Waals surface area contributed by atoms with Crippen LogP contribution in [-0.2, 0) is 4.74 Å². The Morgan fingerprint density at radius 3 is 2.19 bits per heavy atom. The Morgan fingerprint density at radius 1 is 1.38 bits per heavy atom. The highest BCUT2D eigenvalue weighted by atomic mass is 32.1. The molecule has 0 N–H and O–H groups in total. The highest BCUT2D eigenvalue weighted by molar-refractivity contribution is 7.80. The molecule has 96 valence electrons. The number of carbonyl (C=O) groups is 1. The third-order valence-corrected chi connectivity index (χ3v) is 2.60. The summed E-state index contributed by atoms with van der Waals surface area (Å²) in [5, 5.41) is 0. The average Bonchev–Trinajstić information content (AvgIpc) is 2.09. The van der Waals surface area contributed by atoms with Crippen LogP contribution in [0.2, 0.25) is 0 Å². The van der Waals surface area contributed by atoms with Gasteiger partial charge in [-0.1, -0.05) is 13.8 Å². The van der Waals surface area contributed by atoms with E-state index in [2.05, 4.69) is 26.5 Å². The normalized spacial score (nSPS) is 13.8. The van der Waals surface area contributed by atoms with Crippen molar-refractivity contribution in [2.45, 2.75) is 52.7 Å². The lowest BCUT2D eigenvalue weighted by Crippen LogP contribution is -2.42. The highest BCUT2D eigenvalue weighted by Crippen LogP contribution is 2.15. The highest BCUT2D eigenvalue weighted by Gasteiger charge is 2.24. The molecule has 0 saturated carbocycles. The van der Waals surface area contributed by atoms with Crippen LogP contribution in [0.15, 0.2) is 0 Å². The summed E-state index contributed by atoms with van der Waals surface area (Å²) in [5.41, 5.74) is -0.440. The molecule has 3 nitrogen and oxygen atoms in total. The number of carbonyl (C=O) groups excluding carboxylic acids is 1. The van der Waals surface area contributed by atoms with Crippen LogP contribution in [0.3, 0.4) is 0 Å². The van der Waals surface area contributed by atoms with Crippen molar-refractivity contribution < 1.29 is 9.53 Å². The first-order valence-corrected chi connectivity index (χ1v) is 6.37. The average molecular weight is 247 g/mol. The maximum atomic E-state index is 11.8. The van der Waals surface area contributed by atoms with Crippen LogP contribution in [0, 0.1) is 5.92 Å². The van der Waals surface area contributed by atoms with Crippen molar-refractivity contribution in [3.63, 3.8) is 0 Å². The van der Waals surface area contributed by atoms with Gasteiger partial charge in [0, 0.05) is 18.8 Å². The smallest absolute Gasteiger partial charge is 0.410 e. The predicted molar refractivity (Wildman–Crippen MR) is 71.1 cm³/mol. The number of thiol groups is 1. The van der Waals surface area contributed by atoms with Crippen LogP contribution < -0.4 is 0 Å². The van der Waals surface area contributed by atoms with E-state index in [9.17, 15) is 4.79 Å². The largest absolute Gasteiger partial charge is 0.444 e. The summed E-state index contributed by atoms with van der Waals surface area (Å²) in [6.45, 7) is 9.89. The van der Waals surface area contributed by atoms with Crippen molar-refractivity contribution in [2.75, 3.05) is 12.8 Å². The van der Waals surface area contributed by atoms with E-state index in [0.717, 1.165) is 6.42 Å². The second kappa shape index (κ2) is 6.38. The van der Waals surface area contributed by atoms with Crippen LogP contribution in [-0.4, -0.2) is 35.4 Å². The fourth-order valence-electron chi connectivity index (χ4n) is 1.38. The van der Waals surface area contributed by atoms with E-state index in [-0.39, 0.29) is 12.1 Å². The molecule has 0 aliphatic rings. The van der Waals surface area contributed by atoms with Gasteiger partial charge in [-0.15, -0.1) is 0 Å². The van der Waals surface area contributed by atoms with Gasteiger partial charge in [0.25, 0.3) is 0 Å². The Hall–Kier alpha value is -0.380. The van der Waals surface area contributed by atoms with Crippen molar-refractivity contribution in [3.8, 4) is 0 Å². The monoisotopic (exact) mass is 247 g/mol. The number of hydrogen-bond acceptors (Lipinski definition) is 3. The minimum absolute atomic E-state index is 0.137. The van der Waals surface area contributed by atoms with E-state index >= 15 is 0 Å². The van der Waals surface area contributed by atoms with Crippen LogP contribution in [0.25, 0.3) is 0 Å². The van der Waals surface area contributed by atoms with E-state index in [1.54, 1.807) is 11.9 Å². The standard InChI is InChI=1S/C12H25NO2S/c1-9(2)7-10(8-16)13(6)11(14)15-12(3,4)5/h9-10,16H,7-8H2,1-6H3/t10-/m0/s1. The lowest BCUT2D eigenvalue weighted by atomic mass is 10.0. The molecule has 0 aliphatic carbocycles. The molecule has 16 heavy (non-hydrogen) atoms. The molecule has 0 aliphatic heterocycles. The third kappa shape index (κ3) is 6.26. The molecule has 0 unspecified atom stereocenters. The zero-order valence-corrected chi connectivity index (χ0v) is 12.2. The van der Waals surface area contributed by atoms with Gasteiger partial charge in [-0.05, 0) is 33.1 Å². The summed E-state index contributed by atoms with van der Waals surface area (Å²) in [7, 11) is 1.78. The molecule has 0 heterocycles. The zero-order chi connectivity index (χ0) is 12.9. The van der Waals surface area contributed by atoms with E-state index < -0.39 is 5.60 Å². The fraction of sp³-hybridized carbons (Fsp3) is 0.917. The Balaban J connectivity index is 4.39. The molecule has 0 fully saturated rings. The number of nitrogens with zero attached hydrogens (tertiary/aromatic N) is 1. The van der Waals surface area contributed by atoms with E-state index in [0.29, 0.717) is 11.7 Å². The molecule has 0 aromatic rings. The molecule has 0 radical (unpaired) electrons. The van der Waals surface area contributed by atoms with E-state index in [1.165, 1.54) is 0 Å². The van der Waals surface area contributed by atoms with Crippen molar-refractivity contribution >= 4 is 18.7 Å². The Kier molecular flexibility index (Phi) is 6.23. The van der Waals surface area contributed by atoms with Gasteiger partial charge in [0.2, 0.25) is 0 Å². The lowest BCUT2D eigenvalue weighted by Gasteiger charge is -2.30. The number of amides is 1. The molecule has 0 rings (SSSR count). The summed E-state index contributed by atoms with van der Waals surface area (Å²) >= 11 is 4.29. The lowest BCUT2D eigenvalue weighted by molar-refractivity contribution is 0.0225. The minimum atomic E-state index is -0.440. The van der Waals surface area contributed by atoms with Crippen LogP contribution in [0.1, 0.15) is 41.0 Å². The first kappa shape index (κ1) is 15.6. The maximum Gasteiger partial charge on any atom is 0.410 e. The van der Waals surface area contributed by atoms with Gasteiger partial charge in [-0.2, -0.15) is 12.6 Å². The van der Waals surface area contributed by atoms with Crippen LogP contribution in [0.4, 0.5) is 4.79 Å². The third-order valence-electron chi connectivity index (χ3n) is 2.18. The van der Waals surface area contributed by atoms with Crippen LogP contribution in [0.5, 0.6) is 0 Å². The molecule has 0 saturated heterocycles. The molecular formula is C12H25NO2S. The Labute approximate surface area is 105 Å². The van der Waals surface area contributed by atoms with Crippen molar-refractivity contribution in [3.05, 3.63) is 0 Å². The topological polar surface area (TPSA) is 29.5 Å². The predicted octanol–water partition coefficient (Wildman–Crippen LogP) is 3.20. The minimum Gasteiger partial charge on any atom is -0.444 e. The number of rotatable bonds is 4. The molecule has 0 aromatic heterocycles. The van der Waals surface area contributed by atoms with Crippen molar-refractivity contribution in [1.82, 2.24) is 4.90 Å².